The molecule has 3 atom stereocenters. The fraction of sp³-hybridized carbons (Fsp3) is 0.600. The molecule has 1 heterocycles. The smallest absolute Gasteiger partial charge is 0.303 e. The monoisotopic (exact) mass is 232 g/mol. The van der Waals surface area contributed by atoms with Crippen LogP contribution in [0.25, 0.3) is 0 Å². The third-order valence-corrected chi connectivity index (χ3v) is 1.97. The van der Waals surface area contributed by atoms with E-state index in [9.17, 15) is 14.0 Å². The quantitative estimate of drug-likeness (QED) is 0.671. The molecule has 5 nitrogen and oxygen atoms in total. The zero-order chi connectivity index (χ0) is 12.1. The molecule has 0 aliphatic carbocycles. The predicted molar refractivity (Wildman–Crippen MR) is 51.1 cm³/mol. The average Bonchev–Trinajstić information content (AvgIpc) is 2.19. The van der Waals surface area contributed by atoms with Crippen LogP contribution in [-0.2, 0) is 23.8 Å². The number of carbonyl (C=O) groups is 2. The van der Waals surface area contributed by atoms with Crippen molar-refractivity contribution in [3.8, 4) is 0 Å². The summed E-state index contributed by atoms with van der Waals surface area (Å²) in [6.07, 6.45) is -0.0653. The van der Waals surface area contributed by atoms with E-state index in [1.807, 2.05) is 0 Å². The number of hydrogen-bond donors (Lipinski definition) is 0. The molecule has 0 spiro atoms. The summed E-state index contributed by atoms with van der Waals surface area (Å²) in [5.41, 5.74) is 0. The number of ether oxygens (including phenoxy) is 3. The second-order valence-corrected chi connectivity index (χ2v) is 3.31. The van der Waals surface area contributed by atoms with Crippen LogP contribution in [-0.4, -0.2) is 36.9 Å². The molecule has 0 fully saturated rings. The van der Waals surface area contributed by atoms with E-state index >= 15 is 0 Å². The van der Waals surface area contributed by atoms with Crippen molar-refractivity contribution in [3.05, 3.63) is 12.3 Å². The Kier molecular flexibility index (Phi) is 4.28. The largest absolute Gasteiger partial charge is 0.491 e. The zero-order valence-electron chi connectivity index (χ0n) is 9.01. The Bertz CT molecular complexity index is 302. The molecule has 1 rings (SSSR count). The van der Waals surface area contributed by atoms with Crippen molar-refractivity contribution >= 4 is 11.9 Å². The molecule has 0 aromatic heterocycles. The fourth-order valence-electron chi connectivity index (χ4n) is 1.38. The molecule has 0 N–H and O–H groups in total. The standard InChI is InChI=1S/C10H13FO5/c1-6(12)15-8-3-4-14-9(5-11)10(8)16-7(2)13/h3-4,8-10H,5H2,1-2H3/t8-,9-,10+/m1/s1. The van der Waals surface area contributed by atoms with Crippen molar-refractivity contribution in [3.63, 3.8) is 0 Å². The van der Waals surface area contributed by atoms with Gasteiger partial charge in [0.2, 0.25) is 0 Å². The van der Waals surface area contributed by atoms with Gasteiger partial charge in [-0.25, -0.2) is 4.39 Å². The van der Waals surface area contributed by atoms with Crippen molar-refractivity contribution in [2.75, 3.05) is 6.67 Å². The highest BCUT2D eigenvalue weighted by atomic mass is 19.1. The topological polar surface area (TPSA) is 61.8 Å². The molecule has 6 heteroatoms. The highest BCUT2D eigenvalue weighted by Gasteiger charge is 2.37. The fourth-order valence-corrected chi connectivity index (χ4v) is 1.38. The van der Waals surface area contributed by atoms with Gasteiger partial charge in [-0.2, -0.15) is 0 Å². The van der Waals surface area contributed by atoms with E-state index in [2.05, 4.69) is 0 Å². The maximum Gasteiger partial charge on any atom is 0.303 e. The van der Waals surface area contributed by atoms with Crippen LogP contribution in [0, 0.1) is 0 Å². The van der Waals surface area contributed by atoms with E-state index in [1.54, 1.807) is 0 Å². The summed E-state index contributed by atoms with van der Waals surface area (Å²) >= 11 is 0. The van der Waals surface area contributed by atoms with Crippen LogP contribution >= 0.6 is 0 Å². The minimum absolute atomic E-state index is 0.536. The molecule has 0 amide bonds. The minimum atomic E-state index is -0.948. The number of carbonyl (C=O) groups excluding carboxylic acids is 2. The number of hydrogen-bond acceptors (Lipinski definition) is 5. The van der Waals surface area contributed by atoms with Crippen LogP contribution in [0.3, 0.4) is 0 Å². The van der Waals surface area contributed by atoms with Gasteiger partial charge in [0.1, 0.15) is 6.67 Å². The highest BCUT2D eigenvalue weighted by Crippen LogP contribution is 2.19. The van der Waals surface area contributed by atoms with Crippen molar-refractivity contribution in [1.29, 1.82) is 0 Å². The SMILES string of the molecule is CC(=O)O[C@H]1[C@H](OC(C)=O)C=CO[C@@H]1CF. The molecule has 0 unspecified atom stereocenters. The van der Waals surface area contributed by atoms with Crippen LogP contribution in [0.4, 0.5) is 4.39 Å². The molecule has 1 aliphatic rings. The summed E-state index contributed by atoms with van der Waals surface area (Å²) in [7, 11) is 0. The van der Waals surface area contributed by atoms with Gasteiger partial charge in [-0.1, -0.05) is 0 Å². The van der Waals surface area contributed by atoms with Crippen molar-refractivity contribution in [1.82, 2.24) is 0 Å². The molecule has 90 valence electrons. The van der Waals surface area contributed by atoms with Crippen LogP contribution in [0.5, 0.6) is 0 Å². The number of halogens is 1. The summed E-state index contributed by atoms with van der Waals surface area (Å²) < 4.78 is 27.3. The van der Waals surface area contributed by atoms with Crippen LogP contribution in [0.2, 0.25) is 0 Å². The molecule has 0 saturated carbocycles. The van der Waals surface area contributed by atoms with Gasteiger partial charge in [-0.05, 0) is 6.08 Å². The second kappa shape index (κ2) is 5.48. The number of esters is 2. The Morgan fingerprint density at radius 1 is 1.31 bits per heavy atom. The molecule has 0 aromatic rings. The van der Waals surface area contributed by atoms with Gasteiger partial charge in [-0.3, -0.25) is 9.59 Å². The molecule has 0 bridgehead atoms. The summed E-state index contributed by atoms with van der Waals surface area (Å²) in [4.78, 5) is 21.6. The lowest BCUT2D eigenvalue weighted by atomic mass is 10.1. The molecule has 0 saturated heterocycles. The average molecular weight is 232 g/mol. The van der Waals surface area contributed by atoms with Crippen molar-refractivity contribution < 1.29 is 28.2 Å². The van der Waals surface area contributed by atoms with E-state index in [-0.39, 0.29) is 0 Å². The summed E-state index contributed by atoms with van der Waals surface area (Å²) in [6.45, 7) is 1.58. The normalized spacial score (nSPS) is 28.1. The Hall–Kier alpha value is -1.59. The predicted octanol–water partition coefficient (Wildman–Crippen LogP) is 0.732. The van der Waals surface area contributed by atoms with Gasteiger partial charge in [-0.15, -0.1) is 0 Å². The van der Waals surface area contributed by atoms with Crippen LogP contribution in [0.15, 0.2) is 12.3 Å². The zero-order valence-corrected chi connectivity index (χ0v) is 9.01. The van der Waals surface area contributed by atoms with Gasteiger partial charge in [0.15, 0.2) is 18.3 Å². The summed E-state index contributed by atoms with van der Waals surface area (Å²) in [6, 6.07) is 0. The Balaban J connectivity index is 2.77. The first-order chi connectivity index (χ1) is 7.54. The van der Waals surface area contributed by atoms with E-state index in [4.69, 9.17) is 14.2 Å². The molecule has 0 aromatic carbocycles. The first-order valence-corrected chi connectivity index (χ1v) is 4.77. The van der Waals surface area contributed by atoms with Gasteiger partial charge in [0.25, 0.3) is 0 Å². The van der Waals surface area contributed by atoms with Gasteiger partial charge in [0, 0.05) is 13.8 Å². The first kappa shape index (κ1) is 12.5. The second-order valence-electron chi connectivity index (χ2n) is 3.31. The first-order valence-electron chi connectivity index (χ1n) is 4.77. The van der Waals surface area contributed by atoms with Crippen molar-refractivity contribution in [2.24, 2.45) is 0 Å². The van der Waals surface area contributed by atoms with Gasteiger partial charge >= 0.3 is 11.9 Å². The van der Waals surface area contributed by atoms with Crippen LogP contribution < -0.4 is 0 Å². The van der Waals surface area contributed by atoms with E-state index in [0.29, 0.717) is 0 Å². The van der Waals surface area contributed by atoms with E-state index in [0.717, 1.165) is 0 Å². The third kappa shape index (κ3) is 3.22. The van der Waals surface area contributed by atoms with Gasteiger partial charge < -0.3 is 14.2 Å². The third-order valence-electron chi connectivity index (χ3n) is 1.97. The Morgan fingerprint density at radius 2 is 1.94 bits per heavy atom. The maximum atomic E-state index is 12.6. The van der Waals surface area contributed by atoms with Gasteiger partial charge in [0.05, 0.1) is 6.26 Å². The summed E-state index contributed by atoms with van der Waals surface area (Å²) in [5, 5.41) is 0. The molecular weight excluding hydrogens is 219 g/mol. The van der Waals surface area contributed by atoms with Crippen LogP contribution in [0.1, 0.15) is 13.8 Å². The maximum absolute atomic E-state index is 12.6. The lowest BCUT2D eigenvalue weighted by molar-refractivity contribution is -0.174. The van der Waals surface area contributed by atoms with E-state index < -0.39 is 36.9 Å². The van der Waals surface area contributed by atoms with E-state index in [1.165, 1.54) is 26.2 Å². The summed E-state index contributed by atoms with van der Waals surface area (Å²) in [5.74, 6) is -1.12. The lowest BCUT2D eigenvalue weighted by Gasteiger charge is -2.31. The molecular formula is C10H13FO5. The molecule has 0 radical (unpaired) electrons. The molecule has 1 aliphatic heterocycles. The Morgan fingerprint density at radius 3 is 2.44 bits per heavy atom. The van der Waals surface area contributed by atoms with Crippen molar-refractivity contribution in [2.45, 2.75) is 32.2 Å². The lowest BCUT2D eigenvalue weighted by Crippen LogP contribution is -2.46. The minimum Gasteiger partial charge on any atom is -0.491 e. The number of rotatable bonds is 3. The number of alkyl halides is 1. The molecule has 16 heavy (non-hydrogen) atoms. The Labute approximate surface area is 92.2 Å². The highest BCUT2D eigenvalue weighted by molar-refractivity contribution is 5.67.